The van der Waals surface area contributed by atoms with Gasteiger partial charge in [0.1, 0.15) is 0 Å². The van der Waals surface area contributed by atoms with E-state index in [0.29, 0.717) is 19.5 Å². The van der Waals surface area contributed by atoms with Gasteiger partial charge in [-0.05, 0) is 20.3 Å². The monoisotopic (exact) mass is 252 g/mol. The zero-order valence-electron chi connectivity index (χ0n) is 10.8. The van der Waals surface area contributed by atoms with E-state index in [4.69, 9.17) is 5.11 Å². The fourth-order valence-corrected chi connectivity index (χ4v) is 1.89. The minimum atomic E-state index is -0.850. The SMILES string of the molecule is C=C(C)CN(CC)C(=O)NC1C=CC(C(=O)O)C1. The molecule has 5 heteroatoms. The van der Waals surface area contributed by atoms with Gasteiger partial charge in [0.25, 0.3) is 0 Å². The molecule has 0 aliphatic heterocycles. The highest BCUT2D eigenvalue weighted by Gasteiger charge is 2.26. The Morgan fingerprint density at radius 2 is 2.17 bits per heavy atom. The summed E-state index contributed by atoms with van der Waals surface area (Å²) in [6, 6.07) is -0.376. The van der Waals surface area contributed by atoms with Gasteiger partial charge in [0.2, 0.25) is 0 Å². The van der Waals surface area contributed by atoms with Gasteiger partial charge in [0.15, 0.2) is 0 Å². The summed E-state index contributed by atoms with van der Waals surface area (Å²) in [5.74, 6) is -1.34. The topological polar surface area (TPSA) is 69.6 Å². The molecule has 2 N–H and O–H groups in total. The van der Waals surface area contributed by atoms with Crippen molar-refractivity contribution in [2.24, 2.45) is 5.92 Å². The van der Waals surface area contributed by atoms with Crippen LogP contribution >= 0.6 is 0 Å². The predicted molar refractivity (Wildman–Crippen MR) is 69.3 cm³/mol. The Morgan fingerprint density at radius 3 is 2.61 bits per heavy atom. The molecule has 0 heterocycles. The van der Waals surface area contributed by atoms with E-state index >= 15 is 0 Å². The van der Waals surface area contributed by atoms with Crippen LogP contribution in [0.4, 0.5) is 4.79 Å². The maximum atomic E-state index is 11.9. The van der Waals surface area contributed by atoms with Gasteiger partial charge in [-0.2, -0.15) is 0 Å². The number of amides is 2. The maximum Gasteiger partial charge on any atom is 0.318 e. The largest absolute Gasteiger partial charge is 0.481 e. The Morgan fingerprint density at radius 1 is 1.50 bits per heavy atom. The van der Waals surface area contributed by atoms with Gasteiger partial charge in [-0.15, -0.1) is 0 Å². The highest BCUT2D eigenvalue weighted by molar-refractivity contribution is 5.76. The van der Waals surface area contributed by atoms with Crippen LogP contribution in [0.1, 0.15) is 20.3 Å². The molecule has 18 heavy (non-hydrogen) atoms. The van der Waals surface area contributed by atoms with E-state index in [1.54, 1.807) is 17.1 Å². The number of carboxylic acid groups (broad SMARTS) is 1. The Bertz CT molecular complexity index is 376. The number of urea groups is 1. The van der Waals surface area contributed by atoms with E-state index in [-0.39, 0.29) is 12.1 Å². The minimum Gasteiger partial charge on any atom is -0.481 e. The molecule has 100 valence electrons. The third-order valence-corrected chi connectivity index (χ3v) is 2.84. The van der Waals surface area contributed by atoms with Gasteiger partial charge >= 0.3 is 12.0 Å². The van der Waals surface area contributed by atoms with Crippen molar-refractivity contribution < 1.29 is 14.7 Å². The van der Waals surface area contributed by atoms with Crippen LogP contribution in [0.3, 0.4) is 0 Å². The lowest BCUT2D eigenvalue weighted by Crippen LogP contribution is -2.44. The highest BCUT2D eigenvalue weighted by atomic mass is 16.4. The second-order valence-electron chi connectivity index (χ2n) is 4.59. The van der Waals surface area contributed by atoms with E-state index in [9.17, 15) is 9.59 Å². The predicted octanol–water partition coefficient (Wildman–Crippen LogP) is 1.62. The minimum absolute atomic E-state index is 0.179. The summed E-state index contributed by atoms with van der Waals surface area (Å²) < 4.78 is 0. The first-order valence-electron chi connectivity index (χ1n) is 6.05. The number of likely N-dealkylation sites (N-methyl/N-ethyl adjacent to an activating group) is 1. The molecule has 5 nitrogen and oxygen atoms in total. The molecule has 0 aromatic heterocycles. The number of nitrogens with zero attached hydrogens (tertiary/aromatic N) is 1. The molecule has 1 aliphatic carbocycles. The summed E-state index contributed by atoms with van der Waals surface area (Å²) in [6.07, 6.45) is 3.79. The van der Waals surface area contributed by atoms with Gasteiger partial charge in [0.05, 0.1) is 12.0 Å². The normalized spacial score (nSPS) is 21.7. The van der Waals surface area contributed by atoms with Crippen LogP contribution in [0.15, 0.2) is 24.3 Å². The van der Waals surface area contributed by atoms with Crippen LogP contribution in [0.2, 0.25) is 0 Å². The molecular weight excluding hydrogens is 232 g/mol. The third kappa shape index (κ3) is 3.91. The summed E-state index contributed by atoms with van der Waals surface area (Å²) in [6.45, 7) is 8.65. The molecule has 0 aromatic rings. The molecule has 2 atom stereocenters. The second-order valence-corrected chi connectivity index (χ2v) is 4.59. The molecule has 0 saturated heterocycles. The van der Waals surface area contributed by atoms with Gasteiger partial charge in [-0.25, -0.2) is 4.79 Å². The van der Waals surface area contributed by atoms with Crippen molar-refractivity contribution >= 4 is 12.0 Å². The molecule has 0 bridgehead atoms. The van der Waals surface area contributed by atoms with E-state index in [1.807, 2.05) is 13.8 Å². The van der Waals surface area contributed by atoms with Crippen LogP contribution in [-0.4, -0.2) is 41.1 Å². The summed E-state index contributed by atoms with van der Waals surface area (Å²) in [7, 11) is 0. The van der Waals surface area contributed by atoms with Gasteiger partial charge < -0.3 is 15.3 Å². The Balaban J connectivity index is 2.48. The molecular formula is C13H20N2O3. The number of aliphatic carboxylic acids is 1. The first-order valence-corrected chi connectivity index (χ1v) is 6.05. The first kappa shape index (κ1) is 14.3. The lowest BCUT2D eigenvalue weighted by molar-refractivity contribution is -0.140. The third-order valence-electron chi connectivity index (χ3n) is 2.84. The molecule has 0 aromatic carbocycles. The zero-order chi connectivity index (χ0) is 13.7. The van der Waals surface area contributed by atoms with E-state index in [1.165, 1.54) is 0 Å². The fourth-order valence-electron chi connectivity index (χ4n) is 1.89. The summed E-state index contributed by atoms with van der Waals surface area (Å²) in [5, 5.41) is 11.7. The molecule has 0 saturated carbocycles. The van der Waals surface area contributed by atoms with E-state index in [0.717, 1.165) is 5.57 Å². The number of hydrogen-bond acceptors (Lipinski definition) is 2. The Kier molecular flexibility index (Phi) is 4.95. The lowest BCUT2D eigenvalue weighted by atomic mass is 10.1. The maximum absolute atomic E-state index is 11.9. The zero-order valence-corrected chi connectivity index (χ0v) is 10.8. The van der Waals surface area contributed by atoms with Crippen molar-refractivity contribution in [2.75, 3.05) is 13.1 Å². The quantitative estimate of drug-likeness (QED) is 0.730. The second kappa shape index (κ2) is 6.23. The smallest absolute Gasteiger partial charge is 0.318 e. The van der Waals surface area contributed by atoms with Crippen LogP contribution in [0.25, 0.3) is 0 Å². The van der Waals surface area contributed by atoms with Crippen molar-refractivity contribution in [3.63, 3.8) is 0 Å². The van der Waals surface area contributed by atoms with E-state index in [2.05, 4.69) is 11.9 Å². The lowest BCUT2D eigenvalue weighted by Gasteiger charge is -2.23. The number of rotatable bonds is 5. The van der Waals surface area contributed by atoms with Gasteiger partial charge in [-0.3, -0.25) is 4.79 Å². The van der Waals surface area contributed by atoms with Gasteiger partial charge in [-0.1, -0.05) is 24.3 Å². The summed E-state index contributed by atoms with van der Waals surface area (Å²) in [5.41, 5.74) is 0.914. The molecule has 2 unspecified atom stereocenters. The van der Waals surface area contributed by atoms with Crippen molar-refractivity contribution in [3.05, 3.63) is 24.3 Å². The van der Waals surface area contributed by atoms with Crippen LogP contribution in [0, 0.1) is 5.92 Å². The Hall–Kier alpha value is -1.78. The van der Waals surface area contributed by atoms with Crippen molar-refractivity contribution in [1.29, 1.82) is 0 Å². The van der Waals surface area contributed by atoms with Crippen LogP contribution in [0.5, 0.6) is 0 Å². The van der Waals surface area contributed by atoms with Crippen molar-refractivity contribution in [3.8, 4) is 0 Å². The summed E-state index contributed by atoms with van der Waals surface area (Å²) >= 11 is 0. The average Bonchev–Trinajstić information content (AvgIpc) is 2.74. The number of carbonyl (C=O) groups is 2. The molecule has 0 spiro atoms. The Labute approximate surface area is 107 Å². The molecule has 0 radical (unpaired) electrons. The standard InChI is InChI=1S/C13H20N2O3/c1-4-15(8-9(2)3)13(18)14-11-6-5-10(7-11)12(16)17/h5-6,10-11H,2,4,7-8H2,1,3H3,(H,14,18)(H,16,17). The fraction of sp³-hybridized carbons (Fsp3) is 0.538. The molecule has 1 rings (SSSR count). The number of nitrogens with one attached hydrogen (secondary N) is 1. The van der Waals surface area contributed by atoms with Crippen LogP contribution in [-0.2, 0) is 4.79 Å². The average molecular weight is 252 g/mol. The van der Waals surface area contributed by atoms with Crippen molar-refractivity contribution in [2.45, 2.75) is 26.3 Å². The number of hydrogen-bond donors (Lipinski definition) is 2. The molecule has 2 amide bonds. The molecule has 1 aliphatic rings. The first-order chi connectivity index (χ1) is 8.43. The number of carboxylic acids is 1. The van der Waals surface area contributed by atoms with Gasteiger partial charge in [0, 0.05) is 13.1 Å². The number of carbonyl (C=O) groups excluding carboxylic acids is 1. The summed E-state index contributed by atoms with van der Waals surface area (Å²) in [4.78, 5) is 24.4. The molecule has 0 fully saturated rings. The van der Waals surface area contributed by atoms with E-state index < -0.39 is 11.9 Å². The van der Waals surface area contributed by atoms with Crippen molar-refractivity contribution in [1.82, 2.24) is 10.2 Å². The van der Waals surface area contributed by atoms with Crippen LogP contribution < -0.4 is 5.32 Å². The highest BCUT2D eigenvalue weighted by Crippen LogP contribution is 2.18.